The Kier molecular flexibility index (Phi) is 4.78. The molecule has 26 heavy (non-hydrogen) atoms. The van der Waals surface area contributed by atoms with Gasteiger partial charge in [-0.25, -0.2) is 4.39 Å². The normalized spacial score (nSPS) is 16.0. The largest absolute Gasteiger partial charge is 0.454 e. The minimum atomic E-state index is -0.307. The summed E-state index contributed by atoms with van der Waals surface area (Å²) in [6.07, 6.45) is 4.57. The Morgan fingerprint density at radius 3 is 2.65 bits per heavy atom. The highest BCUT2D eigenvalue weighted by atomic mass is 19.1. The summed E-state index contributed by atoms with van der Waals surface area (Å²) in [7, 11) is 0. The molecule has 0 aromatic heterocycles. The van der Waals surface area contributed by atoms with E-state index in [1.54, 1.807) is 12.1 Å². The van der Waals surface area contributed by atoms with Crippen LogP contribution < -0.4 is 9.47 Å². The maximum atomic E-state index is 13.4. The number of nitrogens with zero attached hydrogens (tertiary/aromatic N) is 1. The zero-order chi connectivity index (χ0) is 17.9. The Labute approximate surface area is 152 Å². The predicted molar refractivity (Wildman–Crippen MR) is 95.5 cm³/mol. The van der Waals surface area contributed by atoms with Crippen LogP contribution in [0.2, 0.25) is 0 Å². The van der Waals surface area contributed by atoms with E-state index in [2.05, 4.69) is 0 Å². The Hall–Kier alpha value is -2.56. The van der Waals surface area contributed by atoms with Crippen LogP contribution in [-0.4, -0.2) is 23.6 Å². The first-order valence-electron chi connectivity index (χ1n) is 9.11. The summed E-state index contributed by atoms with van der Waals surface area (Å²) in [5, 5.41) is 0. The van der Waals surface area contributed by atoms with Gasteiger partial charge in [0, 0.05) is 12.6 Å². The lowest BCUT2D eigenvalue weighted by atomic mass is 10.1. The van der Waals surface area contributed by atoms with E-state index in [1.165, 1.54) is 12.1 Å². The molecule has 0 atom stereocenters. The number of hydrogen-bond acceptors (Lipinski definition) is 3. The Balaban J connectivity index is 1.53. The maximum absolute atomic E-state index is 13.4. The number of fused-ring (bicyclic) bond motifs is 1. The first-order chi connectivity index (χ1) is 12.7. The average Bonchev–Trinajstić information content (AvgIpc) is 3.30. The highest BCUT2D eigenvalue weighted by Gasteiger charge is 2.27. The van der Waals surface area contributed by atoms with Crippen molar-refractivity contribution in [3.05, 3.63) is 59.4 Å². The van der Waals surface area contributed by atoms with Crippen molar-refractivity contribution in [1.29, 1.82) is 0 Å². The minimum Gasteiger partial charge on any atom is -0.454 e. The molecule has 0 radical (unpaired) electrons. The molecule has 0 unspecified atom stereocenters. The van der Waals surface area contributed by atoms with Crippen molar-refractivity contribution < 1.29 is 18.7 Å². The van der Waals surface area contributed by atoms with E-state index in [4.69, 9.17) is 9.47 Å². The van der Waals surface area contributed by atoms with Crippen molar-refractivity contribution in [3.63, 3.8) is 0 Å². The molecule has 1 aliphatic heterocycles. The van der Waals surface area contributed by atoms with Crippen LogP contribution in [0.25, 0.3) is 0 Å². The van der Waals surface area contributed by atoms with E-state index < -0.39 is 0 Å². The van der Waals surface area contributed by atoms with Crippen LogP contribution in [0, 0.1) is 5.82 Å². The Bertz CT molecular complexity index is 802. The molecule has 1 heterocycles. The number of carbonyl (C=O) groups excluding carboxylic acids is 1. The second-order valence-electron chi connectivity index (χ2n) is 6.95. The van der Waals surface area contributed by atoms with Gasteiger partial charge in [-0.3, -0.25) is 4.79 Å². The van der Waals surface area contributed by atoms with Crippen molar-refractivity contribution >= 4 is 5.91 Å². The molecule has 5 heteroatoms. The number of amides is 1. The summed E-state index contributed by atoms with van der Waals surface area (Å²) < 4.78 is 24.2. The maximum Gasteiger partial charge on any atom is 0.231 e. The topological polar surface area (TPSA) is 38.8 Å². The lowest BCUT2D eigenvalue weighted by Gasteiger charge is -2.29. The SMILES string of the molecule is O=C(Cc1cccc(F)c1)N(Cc1ccc2c(c1)OCO2)C1CCCC1. The molecule has 2 aromatic carbocycles. The molecule has 1 aliphatic carbocycles. The molecule has 1 amide bonds. The van der Waals surface area contributed by atoms with E-state index in [9.17, 15) is 9.18 Å². The van der Waals surface area contributed by atoms with Crippen LogP contribution in [0.1, 0.15) is 36.8 Å². The van der Waals surface area contributed by atoms with Crippen LogP contribution in [-0.2, 0) is 17.8 Å². The van der Waals surface area contributed by atoms with Crippen LogP contribution in [0.3, 0.4) is 0 Å². The van der Waals surface area contributed by atoms with Crippen molar-refractivity contribution in [1.82, 2.24) is 4.90 Å². The van der Waals surface area contributed by atoms with Crippen LogP contribution in [0.15, 0.2) is 42.5 Å². The summed E-state index contributed by atoms with van der Waals surface area (Å²) in [6.45, 7) is 0.777. The van der Waals surface area contributed by atoms with Crippen molar-refractivity contribution in [2.45, 2.75) is 44.7 Å². The molecule has 0 bridgehead atoms. The molecule has 1 fully saturated rings. The summed E-state index contributed by atoms with van der Waals surface area (Å²) in [6, 6.07) is 12.3. The summed E-state index contributed by atoms with van der Waals surface area (Å²) in [5.74, 6) is 1.21. The first-order valence-corrected chi connectivity index (χ1v) is 9.11. The molecule has 136 valence electrons. The third-order valence-corrected chi connectivity index (χ3v) is 5.12. The lowest BCUT2D eigenvalue weighted by Crippen LogP contribution is -2.39. The van der Waals surface area contributed by atoms with Crippen molar-refractivity contribution in [2.24, 2.45) is 0 Å². The van der Waals surface area contributed by atoms with Crippen molar-refractivity contribution in [2.75, 3.05) is 6.79 Å². The zero-order valence-electron chi connectivity index (χ0n) is 14.6. The van der Waals surface area contributed by atoms with Crippen LogP contribution >= 0.6 is 0 Å². The summed E-state index contributed by atoms with van der Waals surface area (Å²) in [4.78, 5) is 15.0. The van der Waals surface area contributed by atoms with Gasteiger partial charge < -0.3 is 14.4 Å². The van der Waals surface area contributed by atoms with Gasteiger partial charge in [0.1, 0.15) is 5.82 Å². The van der Waals surface area contributed by atoms with Gasteiger partial charge in [-0.2, -0.15) is 0 Å². The van der Waals surface area contributed by atoms with Gasteiger partial charge in [-0.05, 0) is 48.2 Å². The molecule has 4 rings (SSSR count). The highest BCUT2D eigenvalue weighted by molar-refractivity contribution is 5.79. The number of ether oxygens (including phenoxy) is 2. The second-order valence-corrected chi connectivity index (χ2v) is 6.95. The molecule has 0 N–H and O–H groups in total. The number of hydrogen-bond donors (Lipinski definition) is 0. The zero-order valence-corrected chi connectivity index (χ0v) is 14.6. The van der Waals surface area contributed by atoms with E-state index >= 15 is 0 Å². The molecule has 4 nitrogen and oxygen atoms in total. The summed E-state index contributed by atoms with van der Waals surface area (Å²) in [5.41, 5.74) is 1.73. The second kappa shape index (κ2) is 7.36. The number of rotatable bonds is 5. The number of benzene rings is 2. The van der Waals surface area contributed by atoms with Gasteiger partial charge in [-0.15, -0.1) is 0 Å². The number of carbonyl (C=O) groups is 1. The highest BCUT2D eigenvalue weighted by Crippen LogP contribution is 2.34. The summed E-state index contributed by atoms with van der Waals surface area (Å²) >= 11 is 0. The fourth-order valence-electron chi connectivity index (χ4n) is 3.80. The number of halogens is 1. The van der Waals surface area contributed by atoms with E-state index in [0.717, 1.165) is 42.7 Å². The molecule has 2 aromatic rings. The van der Waals surface area contributed by atoms with Crippen LogP contribution in [0.5, 0.6) is 11.5 Å². The van der Waals surface area contributed by atoms with Gasteiger partial charge >= 0.3 is 0 Å². The average molecular weight is 355 g/mol. The monoisotopic (exact) mass is 355 g/mol. The molecule has 1 saturated carbocycles. The standard InChI is InChI=1S/C21H22FNO3/c22-17-5-3-4-15(10-17)12-21(24)23(18-6-1-2-7-18)13-16-8-9-19-20(11-16)26-14-25-19/h3-5,8-11,18H,1-2,6-7,12-14H2. The van der Waals surface area contributed by atoms with Crippen LogP contribution in [0.4, 0.5) is 4.39 Å². The fraction of sp³-hybridized carbons (Fsp3) is 0.381. The van der Waals surface area contributed by atoms with Crippen molar-refractivity contribution in [3.8, 4) is 11.5 Å². The van der Waals surface area contributed by atoms with Gasteiger partial charge in [0.25, 0.3) is 0 Å². The van der Waals surface area contributed by atoms with E-state index in [0.29, 0.717) is 12.1 Å². The predicted octanol–water partition coefficient (Wildman–Crippen LogP) is 4.07. The Morgan fingerprint density at radius 2 is 1.85 bits per heavy atom. The lowest BCUT2D eigenvalue weighted by molar-refractivity contribution is -0.133. The van der Waals surface area contributed by atoms with Gasteiger partial charge in [0.15, 0.2) is 11.5 Å². The minimum absolute atomic E-state index is 0.0418. The molecule has 0 spiro atoms. The van der Waals surface area contributed by atoms with E-state index in [1.807, 2.05) is 23.1 Å². The van der Waals surface area contributed by atoms with Gasteiger partial charge in [0.05, 0.1) is 6.42 Å². The third kappa shape index (κ3) is 3.66. The van der Waals surface area contributed by atoms with Gasteiger partial charge in [0.2, 0.25) is 12.7 Å². The molecular formula is C21H22FNO3. The molecular weight excluding hydrogens is 333 g/mol. The third-order valence-electron chi connectivity index (χ3n) is 5.12. The van der Waals surface area contributed by atoms with E-state index in [-0.39, 0.29) is 31.0 Å². The smallest absolute Gasteiger partial charge is 0.231 e. The van der Waals surface area contributed by atoms with Gasteiger partial charge in [-0.1, -0.05) is 31.0 Å². The molecule has 0 saturated heterocycles. The quantitative estimate of drug-likeness (QED) is 0.812. The molecule has 2 aliphatic rings. The first kappa shape index (κ1) is 16.9. The Morgan fingerprint density at radius 1 is 1.04 bits per heavy atom. The fourth-order valence-corrected chi connectivity index (χ4v) is 3.80.